The predicted molar refractivity (Wildman–Crippen MR) is 88.8 cm³/mol. The molecule has 3 rings (SSSR count). The number of alkyl halides is 2. The number of aromatic nitrogens is 1. The zero-order chi connectivity index (χ0) is 19.0. The van der Waals surface area contributed by atoms with E-state index in [0.717, 1.165) is 12.1 Å². The van der Waals surface area contributed by atoms with Crippen LogP contribution in [-0.4, -0.2) is 23.6 Å². The van der Waals surface area contributed by atoms with E-state index in [1.807, 2.05) is 0 Å². The smallest absolute Gasteiger partial charge is 0.387 e. The molecular weight excluding hydrogens is 351 g/mol. The van der Waals surface area contributed by atoms with Crippen molar-refractivity contribution in [1.82, 2.24) is 9.88 Å². The van der Waals surface area contributed by atoms with Gasteiger partial charge in [0.25, 0.3) is 11.5 Å². The molecule has 1 aromatic carbocycles. The first kappa shape index (κ1) is 17.8. The number of carbonyl (C=O) groups is 1. The minimum Gasteiger partial charge on any atom is -0.435 e. The molecule has 0 fully saturated rings. The number of anilines is 2. The molecule has 0 atom stereocenters. The van der Waals surface area contributed by atoms with Gasteiger partial charge in [-0.05, 0) is 31.0 Å². The highest BCUT2D eigenvalue weighted by Gasteiger charge is 2.26. The second kappa shape index (κ2) is 6.74. The first-order valence-electron chi connectivity index (χ1n) is 7.81. The number of carbonyl (C=O) groups excluding carboxylic acids is 1. The molecular formula is C17H16F3N3O3. The Hall–Kier alpha value is -2.97. The second-order valence-electron chi connectivity index (χ2n) is 5.84. The number of hydrogen-bond acceptors (Lipinski definition) is 4. The van der Waals surface area contributed by atoms with Crippen LogP contribution in [0.5, 0.6) is 5.75 Å². The second-order valence-corrected chi connectivity index (χ2v) is 5.84. The zero-order valence-electron chi connectivity index (χ0n) is 14.0. The van der Waals surface area contributed by atoms with Crippen molar-refractivity contribution >= 4 is 17.4 Å². The Balaban J connectivity index is 2.07. The van der Waals surface area contributed by atoms with Gasteiger partial charge < -0.3 is 15.4 Å². The first-order chi connectivity index (χ1) is 12.3. The van der Waals surface area contributed by atoms with Gasteiger partial charge in [0.2, 0.25) is 0 Å². The summed E-state index contributed by atoms with van der Waals surface area (Å²) in [6.45, 7) is -1.02. The van der Waals surface area contributed by atoms with E-state index in [9.17, 15) is 22.8 Å². The van der Waals surface area contributed by atoms with Gasteiger partial charge in [0.15, 0.2) is 0 Å². The molecule has 0 saturated carbocycles. The number of benzene rings is 1. The van der Waals surface area contributed by atoms with Crippen molar-refractivity contribution in [3.05, 3.63) is 51.1 Å². The van der Waals surface area contributed by atoms with Gasteiger partial charge >= 0.3 is 6.61 Å². The highest BCUT2D eigenvalue weighted by atomic mass is 19.3. The van der Waals surface area contributed by atoms with Crippen LogP contribution in [0.3, 0.4) is 0 Å². The van der Waals surface area contributed by atoms with E-state index in [0.29, 0.717) is 24.1 Å². The molecule has 0 bridgehead atoms. The summed E-state index contributed by atoms with van der Waals surface area (Å²) in [5.41, 5.74) is 0.953. The molecule has 6 nitrogen and oxygen atoms in total. The highest BCUT2D eigenvalue weighted by molar-refractivity contribution is 6.02. The molecule has 0 saturated heterocycles. The Morgan fingerprint density at radius 3 is 2.69 bits per heavy atom. The fourth-order valence-corrected chi connectivity index (χ4v) is 2.97. The number of rotatable bonds is 4. The van der Waals surface area contributed by atoms with E-state index in [1.165, 1.54) is 17.7 Å². The summed E-state index contributed by atoms with van der Waals surface area (Å²) < 4.78 is 44.1. The van der Waals surface area contributed by atoms with Gasteiger partial charge in [-0.1, -0.05) is 0 Å². The maximum atomic E-state index is 14.3. The first-order valence-corrected chi connectivity index (χ1v) is 7.81. The number of nitrogens with zero attached hydrogens (tertiary/aromatic N) is 1. The van der Waals surface area contributed by atoms with Crippen LogP contribution in [0.15, 0.2) is 23.0 Å². The highest BCUT2D eigenvalue weighted by Crippen LogP contribution is 2.29. The summed E-state index contributed by atoms with van der Waals surface area (Å²) in [7, 11) is 1.46. The van der Waals surface area contributed by atoms with Crippen molar-refractivity contribution in [1.29, 1.82) is 0 Å². The van der Waals surface area contributed by atoms with Gasteiger partial charge in [-0.2, -0.15) is 8.78 Å². The molecule has 0 aliphatic carbocycles. The minimum absolute atomic E-state index is 0.0777. The number of ether oxygens (including phenoxy) is 1. The van der Waals surface area contributed by atoms with Crippen LogP contribution < -0.4 is 20.9 Å². The number of nitrogens with one attached hydrogen (secondary N) is 2. The van der Waals surface area contributed by atoms with Crippen LogP contribution in [0.2, 0.25) is 0 Å². The van der Waals surface area contributed by atoms with E-state index in [1.54, 1.807) is 6.92 Å². The minimum atomic E-state index is -3.07. The molecule has 2 heterocycles. The molecule has 0 radical (unpaired) electrons. The molecule has 1 aliphatic heterocycles. The van der Waals surface area contributed by atoms with Crippen LogP contribution in [0.25, 0.3) is 0 Å². The van der Waals surface area contributed by atoms with Crippen molar-refractivity contribution < 1.29 is 22.7 Å². The van der Waals surface area contributed by atoms with Crippen LogP contribution in [0.1, 0.15) is 21.5 Å². The van der Waals surface area contributed by atoms with E-state index < -0.39 is 12.4 Å². The summed E-state index contributed by atoms with van der Waals surface area (Å²) in [6.07, 6.45) is 0.487. The van der Waals surface area contributed by atoms with E-state index >= 15 is 0 Å². The Morgan fingerprint density at radius 2 is 2.04 bits per heavy atom. The van der Waals surface area contributed by atoms with Gasteiger partial charge in [-0.25, -0.2) is 4.39 Å². The predicted octanol–water partition coefficient (Wildman–Crippen LogP) is 2.46. The fraction of sp³-hybridized carbons (Fsp3) is 0.294. The summed E-state index contributed by atoms with van der Waals surface area (Å²) in [4.78, 5) is 24.7. The molecule has 2 N–H and O–H groups in total. The van der Waals surface area contributed by atoms with Gasteiger partial charge in [0, 0.05) is 25.2 Å². The number of amides is 1. The molecule has 138 valence electrons. The fourth-order valence-electron chi connectivity index (χ4n) is 2.97. The summed E-state index contributed by atoms with van der Waals surface area (Å²) >= 11 is 0. The van der Waals surface area contributed by atoms with Crippen molar-refractivity contribution in [2.24, 2.45) is 7.05 Å². The van der Waals surface area contributed by atoms with Gasteiger partial charge in [0.1, 0.15) is 17.4 Å². The maximum absolute atomic E-state index is 14.3. The zero-order valence-corrected chi connectivity index (χ0v) is 14.0. The molecule has 1 amide bonds. The molecule has 2 aromatic rings. The van der Waals surface area contributed by atoms with E-state index in [-0.39, 0.29) is 34.3 Å². The van der Waals surface area contributed by atoms with Crippen molar-refractivity contribution in [2.45, 2.75) is 20.0 Å². The maximum Gasteiger partial charge on any atom is 0.387 e. The Kier molecular flexibility index (Phi) is 4.62. The van der Waals surface area contributed by atoms with Crippen molar-refractivity contribution in [2.75, 3.05) is 11.9 Å². The lowest BCUT2D eigenvalue weighted by Gasteiger charge is -2.24. The average molecular weight is 367 g/mol. The normalized spacial score (nSPS) is 13.4. The number of hydrogen-bond donors (Lipinski definition) is 2. The van der Waals surface area contributed by atoms with Crippen LogP contribution in [-0.2, 0) is 13.5 Å². The molecule has 0 unspecified atom stereocenters. The summed E-state index contributed by atoms with van der Waals surface area (Å²) in [6, 6.07) is 3.16. The van der Waals surface area contributed by atoms with Gasteiger partial charge in [-0.15, -0.1) is 0 Å². The van der Waals surface area contributed by atoms with E-state index in [4.69, 9.17) is 0 Å². The summed E-state index contributed by atoms with van der Waals surface area (Å²) in [5.74, 6) is -1.43. The molecule has 1 aliphatic rings. The Labute approximate surface area is 146 Å². The van der Waals surface area contributed by atoms with Crippen LogP contribution in [0, 0.1) is 12.7 Å². The van der Waals surface area contributed by atoms with Crippen molar-refractivity contribution in [3.8, 4) is 5.75 Å². The average Bonchev–Trinajstić information content (AvgIpc) is 2.58. The number of pyridine rings is 1. The SMILES string of the molecule is Cc1c2c(c(Nc3ccc(OC(F)F)cc3F)n(C)c1=O)C(=O)NCC2. The molecule has 9 heteroatoms. The monoisotopic (exact) mass is 367 g/mol. The summed E-state index contributed by atoms with van der Waals surface area (Å²) in [5, 5.41) is 5.42. The third kappa shape index (κ3) is 3.12. The van der Waals surface area contributed by atoms with E-state index in [2.05, 4.69) is 15.4 Å². The van der Waals surface area contributed by atoms with Crippen LogP contribution >= 0.6 is 0 Å². The molecule has 0 spiro atoms. The van der Waals surface area contributed by atoms with Gasteiger partial charge in [-0.3, -0.25) is 14.2 Å². The van der Waals surface area contributed by atoms with Crippen molar-refractivity contribution in [3.63, 3.8) is 0 Å². The lowest BCUT2D eigenvalue weighted by molar-refractivity contribution is -0.0499. The number of fused-ring (bicyclic) bond motifs is 1. The topological polar surface area (TPSA) is 72.4 Å². The molecule has 26 heavy (non-hydrogen) atoms. The van der Waals surface area contributed by atoms with Gasteiger partial charge in [0.05, 0.1) is 11.3 Å². The largest absolute Gasteiger partial charge is 0.435 e. The third-order valence-electron chi connectivity index (χ3n) is 4.26. The lowest BCUT2D eigenvalue weighted by atomic mass is 9.96. The third-order valence-corrected chi connectivity index (χ3v) is 4.26. The Morgan fingerprint density at radius 1 is 1.31 bits per heavy atom. The number of halogens is 3. The van der Waals surface area contributed by atoms with Crippen LogP contribution in [0.4, 0.5) is 24.7 Å². The quantitative estimate of drug-likeness (QED) is 0.871. The Bertz CT molecular complexity index is 941. The lowest BCUT2D eigenvalue weighted by Crippen LogP contribution is -2.37. The molecule has 1 aromatic heterocycles. The standard InChI is InChI=1S/C17H16F3N3O3/c1-8-10-5-6-21-15(24)13(10)14(23(2)16(8)25)22-12-4-3-9(7-11(12)18)26-17(19)20/h3-4,7,17,22H,5-6H2,1-2H3,(H,21,24).